The van der Waals surface area contributed by atoms with Crippen LogP contribution >= 0.6 is 0 Å². The van der Waals surface area contributed by atoms with Crippen molar-refractivity contribution in [2.24, 2.45) is 5.41 Å². The molecule has 1 heteroatoms. The first-order chi connectivity index (χ1) is 7.66. The van der Waals surface area contributed by atoms with Crippen molar-refractivity contribution in [2.75, 3.05) is 0 Å². The zero-order valence-electron chi connectivity index (χ0n) is 12.4. The molecule has 0 amide bonds. The second-order valence-corrected chi connectivity index (χ2v) is 5.57. The number of rotatable bonds is 10. The summed E-state index contributed by atoms with van der Waals surface area (Å²) in [7, 11) is 2.48. The molecule has 0 aromatic carbocycles. The van der Waals surface area contributed by atoms with E-state index < -0.39 is 0 Å². The van der Waals surface area contributed by atoms with Crippen LogP contribution < -0.4 is 0 Å². The van der Waals surface area contributed by atoms with Crippen LogP contribution in [-0.2, 0) is 0 Å². The molecule has 0 N–H and O–H groups in total. The van der Waals surface area contributed by atoms with Crippen LogP contribution in [0.25, 0.3) is 0 Å². The third-order valence-electron chi connectivity index (χ3n) is 4.70. The molecule has 0 aliphatic heterocycles. The Morgan fingerprint density at radius 3 is 1.94 bits per heavy atom. The summed E-state index contributed by atoms with van der Waals surface area (Å²) in [6, 6.07) is 0. The van der Waals surface area contributed by atoms with E-state index >= 15 is 0 Å². The van der Waals surface area contributed by atoms with Crippen molar-refractivity contribution in [3.8, 4) is 0 Å². The largest absolute Gasteiger partial charge is 0.106 e. The molecule has 0 saturated heterocycles. The van der Waals surface area contributed by atoms with Crippen molar-refractivity contribution in [3.63, 3.8) is 0 Å². The molecule has 0 heterocycles. The number of unbranched alkanes of at least 4 members (excludes halogenated alkanes) is 3. The molecule has 1 unspecified atom stereocenters. The molecule has 1 atom stereocenters. The van der Waals surface area contributed by atoms with Gasteiger partial charge in [0.15, 0.2) is 0 Å². The van der Waals surface area contributed by atoms with Crippen LogP contribution in [0.3, 0.4) is 0 Å². The summed E-state index contributed by atoms with van der Waals surface area (Å²) in [4.78, 5) is 0. The fourth-order valence-electron chi connectivity index (χ4n) is 3.19. The maximum absolute atomic E-state index is 2.48. The van der Waals surface area contributed by atoms with Crippen LogP contribution in [0, 0.1) is 5.41 Å². The van der Waals surface area contributed by atoms with Crippen molar-refractivity contribution in [2.45, 2.75) is 91.3 Å². The molecular formula is C15H33B. The summed E-state index contributed by atoms with van der Waals surface area (Å²) in [5.41, 5.74) is 0.643. The topological polar surface area (TPSA) is 0 Å². The SMILES string of the molecule is BC(CCC)C(CC)(CC)CCCCCC. The number of hydrogen-bond donors (Lipinski definition) is 0. The van der Waals surface area contributed by atoms with E-state index in [1.165, 1.54) is 57.8 Å². The summed E-state index contributed by atoms with van der Waals surface area (Å²) < 4.78 is 0. The maximum Gasteiger partial charge on any atom is 0.106 e. The molecule has 0 saturated carbocycles. The molecule has 96 valence electrons. The van der Waals surface area contributed by atoms with Gasteiger partial charge < -0.3 is 0 Å². The maximum atomic E-state index is 2.48. The summed E-state index contributed by atoms with van der Waals surface area (Å²) in [5, 5.41) is 0. The predicted octanol–water partition coefficient (Wildman–Crippen LogP) is 4.98. The summed E-state index contributed by atoms with van der Waals surface area (Å²) >= 11 is 0. The van der Waals surface area contributed by atoms with Crippen molar-refractivity contribution >= 4 is 7.85 Å². The fraction of sp³-hybridized carbons (Fsp3) is 1.00. The van der Waals surface area contributed by atoms with E-state index in [-0.39, 0.29) is 0 Å². The van der Waals surface area contributed by atoms with Crippen LogP contribution in [0.2, 0.25) is 5.82 Å². The Bertz CT molecular complexity index is 150. The van der Waals surface area contributed by atoms with Gasteiger partial charge >= 0.3 is 0 Å². The number of hydrogen-bond acceptors (Lipinski definition) is 0. The molecular weight excluding hydrogens is 191 g/mol. The first-order valence-electron chi connectivity index (χ1n) is 7.66. The van der Waals surface area contributed by atoms with Crippen LogP contribution in [0.15, 0.2) is 0 Å². The summed E-state index contributed by atoms with van der Waals surface area (Å²) in [5.74, 6) is 0.911. The minimum Gasteiger partial charge on any atom is -0.0654 e. The van der Waals surface area contributed by atoms with Gasteiger partial charge in [-0.2, -0.15) is 0 Å². The van der Waals surface area contributed by atoms with E-state index in [0.717, 1.165) is 5.82 Å². The predicted molar refractivity (Wildman–Crippen MR) is 79.0 cm³/mol. The highest BCUT2D eigenvalue weighted by atomic mass is 14.3. The fourth-order valence-corrected chi connectivity index (χ4v) is 3.19. The molecule has 0 aliphatic carbocycles. The lowest BCUT2D eigenvalue weighted by molar-refractivity contribution is 0.205. The highest BCUT2D eigenvalue weighted by Crippen LogP contribution is 2.44. The molecule has 0 aliphatic rings. The molecule has 0 aromatic heterocycles. The van der Waals surface area contributed by atoms with E-state index in [1.54, 1.807) is 0 Å². The van der Waals surface area contributed by atoms with Gasteiger partial charge in [-0.25, -0.2) is 0 Å². The minimum atomic E-state index is 0.643. The van der Waals surface area contributed by atoms with Crippen molar-refractivity contribution in [1.82, 2.24) is 0 Å². The van der Waals surface area contributed by atoms with Crippen molar-refractivity contribution < 1.29 is 0 Å². The van der Waals surface area contributed by atoms with Gasteiger partial charge in [-0.3, -0.25) is 0 Å². The molecule has 0 bridgehead atoms. The van der Waals surface area contributed by atoms with Gasteiger partial charge in [-0.1, -0.05) is 84.9 Å². The highest BCUT2D eigenvalue weighted by Gasteiger charge is 2.30. The van der Waals surface area contributed by atoms with Gasteiger partial charge in [-0.15, -0.1) is 0 Å². The van der Waals surface area contributed by atoms with Crippen LogP contribution in [0.1, 0.15) is 85.5 Å². The molecule has 0 fully saturated rings. The molecule has 0 radical (unpaired) electrons. The molecule has 0 rings (SSSR count). The quantitative estimate of drug-likeness (QED) is 0.362. The van der Waals surface area contributed by atoms with Gasteiger partial charge in [0.05, 0.1) is 0 Å². The van der Waals surface area contributed by atoms with E-state index in [2.05, 4.69) is 35.5 Å². The molecule has 0 spiro atoms. The van der Waals surface area contributed by atoms with Crippen molar-refractivity contribution in [3.05, 3.63) is 0 Å². The third kappa shape index (κ3) is 4.93. The van der Waals surface area contributed by atoms with E-state index in [4.69, 9.17) is 0 Å². The Morgan fingerprint density at radius 1 is 0.875 bits per heavy atom. The Balaban J connectivity index is 4.20. The van der Waals surface area contributed by atoms with Crippen LogP contribution in [0.5, 0.6) is 0 Å². The Labute approximate surface area is 105 Å². The summed E-state index contributed by atoms with van der Waals surface area (Å²) in [6.07, 6.45) is 12.6. The smallest absolute Gasteiger partial charge is 0.0654 e. The second-order valence-electron chi connectivity index (χ2n) is 5.57. The summed E-state index contributed by atoms with van der Waals surface area (Å²) in [6.45, 7) is 9.42. The molecule has 16 heavy (non-hydrogen) atoms. The second kappa shape index (κ2) is 9.13. The lowest BCUT2D eigenvalue weighted by Gasteiger charge is -2.38. The normalized spacial score (nSPS) is 14.0. The van der Waals surface area contributed by atoms with Gasteiger partial charge in [0, 0.05) is 0 Å². The Morgan fingerprint density at radius 2 is 1.50 bits per heavy atom. The first-order valence-corrected chi connectivity index (χ1v) is 7.66. The monoisotopic (exact) mass is 224 g/mol. The Hall–Kier alpha value is 0.0649. The van der Waals surface area contributed by atoms with Crippen LogP contribution in [0.4, 0.5) is 0 Å². The standard InChI is InChI=1S/C15H33B/c1-5-9-10-11-13-15(7-3,8-4)14(16)12-6-2/h14H,5-13,16H2,1-4H3. The zero-order valence-corrected chi connectivity index (χ0v) is 12.4. The van der Waals surface area contributed by atoms with E-state index in [9.17, 15) is 0 Å². The van der Waals surface area contributed by atoms with Crippen LogP contribution in [-0.4, -0.2) is 7.85 Å². The average Bonchev–Trinajstić information content (AvgIpc) is 2.30. The zero-order chi connectivity index (χ0) is 12.4. The minimum absolute atomic E-state index is 0.643. The van der Waals surface area contributed by atoms with Gasteiger partial charge in [0.1, 0.15) is 7.85 Å². The van der Waals surface area contributed by atoms with Gasteiger partial charge in [0.25, 0.3) is 0 Å². The third-order valence-corrected chi connectivity index (χ3v) is 4.70. The highest BCUT2D eigenvalue weighted by molar-refractivity contribution is 6.12. The lowest BCUT2D eigenvalue weighted by Crippen LogP contribution is -2.25. The van der Waals surface area contributed by atoms with Crippen molar-refractivity contribution in [1.29, 1.82) is 0 Å². The molecule has 0 aromatic rings. The Kier molecular flexibility index (Phi) is 9.17. The van der Waals surface area contributed by atoms with E-state index in [0.29, 0.717) is 5.41 Å². The van der Waals surface area contributed by atoms with Gasteiger partial charge in [-0.05, 0) is 11.8 Å². The van der Waals surface area contributed by atoms with E-state index in [1.807, 2.05) is 0 Å². The lowest BCUT2D eigenvalue weighted by atomic mass is 9.58. The van der Waals surface area contributed by atoms with Gasteiger partial charge in [0.2, 0.25) is 0 Å². The molecule has 0 nitrogen and oxygen atoms in total. The average molecular weight is 224 g/mol. The first kappa shape index (κ1) is 16.1.